The number of aromatic carboxylic acids is 1. The SMILES string of the molecule is COc1ccc(CCNc2ccn(-c3ccc(C(N)=O)cc3N3CCN(C)CC3)c(=O)c2C(=O)O)cc1. The quantitative estimate of drug-likeness (QED) is 0.403. The lowest BCUT2D eigenvalue weighted by molar-refractivity contribution is 0.0695. The Kier molecular flexibility index (Phi) is 7.78. The Morgan fingerprint density at radius 1 is 1.03 bits per heavy atom. The van der Waals surface area contributed by atoms with Crippen LogP contribution in [0.1, 0.15) is 26.3 Å². The molecule has 4 rings (SSSR count). The van der Waals surface area contributed by atoms with Gasteiger partial charge in [-0.05, 0) is 55.4 Å². The third-order valence-corrected chi connectivity index (χ3v) is 6.56. The summed E-state index contributed by atoms with van der Waals surface area (Å²) >= 11 is 0. The molecule has 0 saturated carbocycles. The van der Waals surface area contributed by atoms with Crippen molar-refractivity contribution < 1.29 is 19.4 Å². The summed E-state index contributed by atoms with van der Waals surface area (Å²) in [6.45, 7) is 3.45. The van der Waals surface area contributed by atoms with Crippen molar-refractivity contribution >= 4 is 23.3 Å². The first-order valence-electron chi connectivity index (χ1n) is 12.0. The molecule has 10 nitrogen and oxygen atoms in total. The fourth-order valence-electron chi connectivity index (χ4n) is 4.39. The monoisotopic (exact) mass is 505 g/mol. The number of nitrogens with one attached hydrogen (secondary N) is 1. The molecule has 0 radical (unpaired) electrons. The first-order chi connectivity index (χ1) is 17.8. The van der Waals surface area contributed by atoms with Gasteiger partial charge in [-0.15, -0.1) is 0 Å². The third kappa shape index (κ3) is 5.75. The number of nitrogens with zero attached hydrogens (tertiary/aromatic N) is 3. The van der Waals surface area contributed by atoms with E-state index in [0.717, 1.165) is 24.4 Å². The first-order valence-corrected chi connectivity index (χ1v) is 12.0. The van der Waals surface area contributed by atoms with Gasteiger partial charge in [0.2, 0.25) is 5.91 Å². The highest BCUT2D eigenvalue weighted by molar-refractivity contribution is 5.95. The highest BCUT2D eigenvalue weighted by Crippen LogP contribution is 2.27. The molecule has 0 aliphatic carbocycles. The number of rotatable bonds is 9. The van der Waals surface area contributed by atoms with E-state index in [2.05, 4.69) is 15.1 Å². The Morgan fingerprint density at radius 3 is 2.35 bits per heavy atom. The van der Waals surface area contributed by atoms with Crippen LogP contribution in [0.15, 0.2) is 59.5 Å². The van der Waals surface area contributed by atoms with E-state index in [-0.39, 0.29) is 11.3 Å². The summed E-state index contributed by atoms with van der Waals surface area (Å²) in [7, 11) is 3.63. The van der Waals surface area contributed by atoms with E-state index in [1.807, 2.05) is 31.3 Å². The molecule has 1 aliphatic rings. The number of hydrogen-bond donors (Lipinski definition) is 3. The number of pyridine rings is 1. The van der Waals surface area contributed by atoms with Gasteiger partial charge in [-0.3, -0.25) is 14.2 Å². The predicted molar refractivity (Wildman–Crippen MR) is 142 cm³/mol. The molecular weight excluding hydrogens is 474 g/mol. The number of carbonyl (C=O) groups excluding carboxylic acids is 1. The number of carbonyl (C=O) groups is 2. The minimum Gasteiger partial charge on any atom is -0.497 e. The van der Waals surface area contributed by atoms with E-state index in [4.69, 9.17) is 10.5 Å². The molecule has 2 heterocycles. The molecule has 1 aliphatic heterocycles. The van der Waals surface area contributed by atoms with E-state index in [1.54, 1.807) is 37.6 Å². The lowest BCUT2D eigenvalue weighted by Crippen LogP contribution is -2.45. The van der Waals surface area contributed by atoms with Crippen molar-refractivity contribution in [1.29, 1.82) is 0 Å². The van der Waals surface area contributed by atoms with Crippen molar-refractivity contribution in [2.45, 2.75) is 6.42 Å². The second-order valence-electron chi connectivity index (χ2n) is 8.97. The summed E-state index contributed by atoms with van der Waals surface area (Å²) in [6, 6.07) is 14.0. The van der Waals surface area contributed by atoms with E-state index in [0.29, 0.717) is 43.0 Å². The fourth-order valence-corrected chi connectivity index (χ4v) is 4.39. The molecule has 2 aromatic carbocycles. The van der Waals surface area contributed by atoms with Crippen LogP contribution in [0.4, 0.5) is 11.4 Å². The summed E-state index contributed by atoms with van der Waals surface area (Å²) in [4.78, 5) is 41.7. The van der Waals surface area contributed by atoms with Crippen molar-refractivity contribution in [1.82, 2.24) is 9.47 Å². The zero-order valence-electron chi connectivity index (χ0n) is 20.9. The maximum absolute atomic E-state index is 13.5. The maximum Gasteiger partial charge on any atom is 0.343 e. The minimum absolute atomic E-state index is 0.247. The van der Waals surface area contributed by atoms with E-state index in [9.17, 15) is 19.5 Å². The predicted octanol–water partition coefficient (Wildman–Crippen LogP) is 2.05. The molecule has 0 bridgehead atoms. The number of anilines is 2. The smallest absolute Gasteiger partial charge is 0.343 e. The largest absolute Gasteiger partial charge is 0.497 e. The van der Waals surface area contributed by atoms with Gasteiger partial charge in [0.05, 0.1) is 24.2 Å². The number of methoxy groups -OCH3 is 1. The number of primary amides is 1. The number of benzene rings is 2. The van der Waals surface area contributed by atoms with Crippen LogP contribution in [-0.4, -0.2) is 73.3 Å². The highest BCUT2D eigenvalue weighted by atomic mass is 16.5. The summed E-state index contributed by atoms with van der Waals surface area (Å²) in [5, 5.41) is 13.0. The molecule has 1 aromatic heterocycles. The van der Waals surface area contributed by atoms with Crippen molar-refractivity contribution in [2.75, 3.05) is 57.1 Å². The standard InChI is InChI=1S/C27H31N5O5/c1-30-13-15-31(16-14-30)23-17-19(25(28)33)5-8-22(23)32-12-10-21(24(26(32)34)27(35)36)29-11-9-18-3-6-20(37-2)7-4-18/h3-8,10,12,17,29H,9,11,13-16H2,1-2H3,(H2,28,33)(H,35,36). The second-order valence-corrected chi connectivity index (χ2v) is 8.97. The zero-order valence-corrected chi connectivity index (χ0v) is 20.9. The highest BCUT2D eigenvalue weighted by Gasteiger charge is 2.23. The van der Waals surface area contributed by atoms with Crippen molar-refractivity contribution in [2.24, 2.45) is 5.73 Å². The third-order valence-electron chi connectivity index (χ3n) is 6.56. The average molecular weight is 506 g/mol. The van der Waals surface area contributed by atoms with Crippen LogP contribution in [0, 0.1) is 0 Å². The van der Waals surface area contributed by atoms with Crippen LogP contribution in [0.5, 0.6) is 5.75 Å². The molecule has 0 spiro atoms. The Balaban J connectivity index is 1.65. The number of aromatic nitrogens is 1. The van der Waals surface area contributed by atoms with E-state index >= 15 is 0 Å². The van der Waals surface area contributed by atoms with Crippen LogP contribution in [-0.2, 0) is 6.42 Å². The summed E-state index contributed by atoms with van der Waals surface area (Å²) < 4.78 is 6.49. The molecule has 3 aromatic rings. The Hall–Kier alpha value is -4.31. The van der Waals surface area contributed by atoms with Gasteiger partial charge in [-0.25, -0.2) is 4.79 Å². The van der Waals surface area contributed by atoms with Gasteiger partial charge in [0.25, 0.3) is 5.56 Å². The normalized spacial score (nSPS) is 13.8. The van der Waals surface area contributed by atoms with Crippen LogP contribution in [0.2, 0.25) is 0 Å². The van der Waals surface area contributed by atoms with Gasteiger partial charge >= 0.3 is 5.97 Å². The molecule has 37 heavy (non-hydrogen) atoms. The van der Waals surface area contributed by atoms with Crippen molar-refractivity contribution in [3.05, 3.63) is 81.8 Å². The lowest BCUT2D eigenvalue weighted by Gasteiger charge is -2.35. The van der Waals surface area contributed by atoms with Crippen LogP contribution in [0.3, 0.4) is 0 Å². The number of nitrogens with two attached hydrogens (primary N) is 1. The van der Waals surface area contributed by atoms with E-state index < -0.39 is 17.4 Å². The number of piperazine rings is 1. The molecule has 4 N–H and O–H groups in total. The van der Waals surface area contributed by atoms with Crippen molar-refractivity contribution in [3.8, 4) is 11.4 Å². The number of carboxylic acid groups (broad SMARTS) is 1. The molecule has 0 unspecified atom stereocenters. The topological polar surface area (TPSA) is 130 Å². The van der Waals surface area contributed by atoms with Crippen molar-refractivity contribution in [3.63, 3.8) is 0 Å². The van der Waals surface area contributed by atoms with Gasteiger partial charge in [0.15, 0.2) is 0 Å². The van der Waals surface area contributed by atoms with Crippen LogP contribution in [0.25, 0.3) is 5.69 Å². The zero-order chi connectivity index (χ0) is 26.5. The molecule has 1 amide bonds. The Morgan fingerprint density at radius 2 is 1.73 bits per heavy atom. The summed E-state index contributed by atoms with van der Waals surface area (Å²) in [5.74, 6) is -1.13. The Bertz CT molecular complexity index is 1340. The average Bonchev–Trinajstić information content (AvgIpc) is 2.89. The number of hydrogen-bond acceptors (Lipinski definition) is 7. The van der Waals surface area contributed by atoms with Gasteiger partial charge < -0.3 is 30.7 Å². The molecule has 10 heteroatoms. The Labute approximate surface area is 214 Å². The van der Waals surface area contributed by atoms with Gasteiger partial charge in [0.1, 0.15) is 11.3 Å². The molecule has 0 atom stereocenters. The lowest BCUT2D eigenvalue weighted by atomic mass is 10.1. The molecule has 1 fully saturated rings. The number of ether oxygens (including phenoxy) is 1. The first kappa shape index (κ1) is 25.8. The van der Waals surface area contributed by atoms with Crippen LogP contribution < -0.4 is 26.2 Å². The van der Waals surface area contributed by atoms with Gasteiger partial charge in [0, 0.05) is 44.5 Å². The number of likely N-dealkylation sites (N-methyl/N-ethyl adjacent to an activating group) is 1. The number of amides is 1. The van der Waals surface area contributed by atoms with E-state index in [1.165, 1.54) is 4.57 Å². The molecule has 194 valence electrons. The minimum atomic E-state index is -1.32. The fraction of sp³-hybridized carbons (Fsp3) is 0.296. The molecule has 1 saturated heterocycles. The second kappa shape index (κ2) is 11.2. The molecular formula is C27H31N5O5. The summed E-state index contributed by atoms with van der Waals surface area (Å²) in [5.41, 5.74) is 7.27. The van der Waals surface area contributed by atoms with Gasteiger partial charge in [-0.1, -0.05) is 12.1 Å². The maximum atomic E-state index is 13.5. The van der Waals surface area contributed by atoms with Gasteiger partial charge in [-0.2, -0.15) is 0 Å². The number of carboxylic acids is 1. The summed E-state index contributed by atoms with van der Waals surface area (Å²) in [6.07, 6.45) is 2.19. The van der Waals surface area contributed by atoms with Crippen LogP contribution >= 0.6 is 0 Å².